The van der Waals surface area contributed by atoms with Gasteiger partial charge in [0.1, 0.15) is 35.5 Å². The van der Waals surface area contributed by atoms with Crippen LogP contribution in [0.1, 0.15) is 19.4 Å². The molecule has 0 bridgehead atoms. The minimum Gasteiger partial charge on any atom is -0.489 e. The number of hydrogen-bond acceptors (Lipinski definition) is 7. The molecule has 4 aromatic rings. The summed E-state index contributed by atoms with van der Waals surface area (Å²) >= 11 is 5.14. The summed E-state index contributed by atoms with van der Waals surface area (Å²) in [6.07, 6.45) is 1.22. The van der Waals surface area contributed by atoms with Gasteiger partial charge >= 0.3 is 0 Å². The number of hydrogen-bond donors (Lipinski definition) is 4. The van der Waals surface area contributed by atoms with Gasteiger partial charge in [0.05, 0.1) is 10.4 Å². The zero-order chi connectivity index (χ0) is 26.6. The first-order valence-electron chi connectivity index (χ1n) is 11.8. The van der Waals surface area contributed by atoms with Crippen molar-refractivity contribution in [3.63, 3.8) is 0 Å². The van der Waals surface area contributed by atoms with Gasteiger partial charge in [-0.1, -0.05) is 18.2 Å². The summed E-state index contributed by atoms with van der Waals surface area (Å²) in [4.78, 5) is 6.37. The molecular formula is C27H31N3O5S2. The second-order valence-corrected chi connectivity index (χ2v) is 12.1. The van der Waals surface area contributed by atoms with Crippen molar-refractivity contribution in [3.05, 3.63) is 77.1 Å². The van der Waals surface area contributed by atoms with E-state index < -0.39 is 15.9 Å². The lowest BCUT2D eigenvalue weighted by atomic mass is 9.94. The topological polar surface area (TPSA) is 116 Å². The second-order valence-electron chi connectivity index (χ2n) is 9.65. The van der Waals surface area contributed by atoms with Crippen LogP contribution in [0.5, 0.6) is 17.2 Å². The third-order valence-electron chi connectivity index (χ3n) is 5.82. The van der Waals surface area contributed by atoms with Crippen LogP contribution in [0.2, 0.25) is 0 Å². The fraction of sp³-hybridized carbons (Fsp3) is 0.296. The Morgan fingerprint density at radius 3 is 2.30 bits per heavy atom. The van der Waals surface area contributed by atoms with E-state index in [1.165, 1.54) is 18.4 Å². The number of aromatic amines is 2. The van der Waals surface area contributed by atoms with Gasteiger partial charge in [-0.3, -0.25) is 0 Å². The first-order valence-corrected chi connectivity index (χ1v) is 14.1. The Morgan fingerprint density at radius 1 is 1.00 bits per heavy atom. The highest BCUT2D eigenvalue weighted by Gasteiger charge is 2.20. The molecule has 4 N–H and O–H groups in total. The highest BCUT2D eigenvalue weighted by atomic mass is 32.2. The molecule has 4 rings (SSSR count). The Bertz CT molecular complexity index is 1510. The van der Waals surface area contributed by atoms with E-state index in [-0.39, 0.29) is 17.0 Å². The number of para-hydroxylation sites is 1. The highest BCUT2D eigenvalue weighted by Crippen LogP contribution is 2.25. The molecule has 3 aromatic carbocycles. The number of β-amino-alcohol motifs (C(OH)–C–C–N with tert-alkyl or cyclic N) is 1. The summed E-state index contributed by atoms with van der Waals surface area (Å²) in [6.45, 7) is 4.67. The molecule has 1 atom stereocenters. The number of H-pyrrole nitrogens is 2. The molecule has 0 aliphatic rings. The Balaban J connectivity index is 1.26. The molecule has 10 heteroatoms. The summed E-state index contributed by atoms with van der Waals surface area (Å²) in [7, 11) is -3.24. The van der Waals surface area contributed by atoms with Gasteiger partial charge in [0.2, 0.25) is 0 Å². The molecule has 196 valence electrons. The summed E-state index contributed by atoms with van der Waals surface area (Å²) in [6, 6.07) is 19.7. The van der Waals surface area contributed by atoms with Crippen LogP contribution in [-0.4, -0.2) is 54.5 Å². The van der Waals surface area contributed by atoms with Gasteiger partial charge in [0.25, 0.3) is 0 Å². The maximum Gasteiger partial charge on any atom is 0.175 e. The van der Waals surface area contributed by atoms with Crippen molar-refractivity contribution in [2.24, 2.45) is 0 Å². The van der Waals surface area contributed by atoms with Gasteiger partial charge in [-0.15, -0.1) is 0 Å². The number of ether oxygens (including phenoxy) is 2. The smallest absolute Gasteiger partial charge is 0.175 e. The summed E-state index contributed by atoms with van der Waals surface area (Å²) in [5.41, 5.74) is 2.48. The van der Waals surface area contributed by atoms with Gasteiger partial charge in [-0.25, -0.2) is 8.42 Å². The van der Waals surface area contributed by atoms with Gasteiger partial charge in [-0.2, -0.15) is 0 Å². The molecule has 0 saturated heterocycles. The van der Waals surface area contributed by atoms with Crippen LogP contribution in [0.3, 0.4) is 0 Å². The van der Waals surface area contributed by atoms with E-state index in [2.05, 4.69) is 29.1 Å². The van der Waals surface area contributed by atoms with Gasteiger partial charge in [0, 0.05) is 18.3 Å². The molecule has 1 heterocycles. The SMILES string of the molecule is CC(C)(Cc1ccc(Oc2ccc(S(C)(=O)=O)cc2)cc1)NC[C@@H](O)COc1cccc2[nH]c(=S)[nH]c12. The van der Waals surface area contributed by atoms with E-state index in [1.807, 2.05) is 42.5 Å². The van der Waals surface area contributed by atoms with Crippen LogP contribution in [0.25, 0.3) is 11.0 Å². The molecule has 8 nitrogen and oxygen atoms in total. The van der Waals surface area contributed by atoms with E-state index in [0.29, 0.717) is 28.6 Å². The average molecular weight is 542 g/mol. The maximum atomic E-state index is 11.6. The molecule has 37 heavy (non-hydrogen) atoms. The van der Waals surface area contributed by atoms with Crippen LogP contribution in [0, 0.1) is 4.77 Å². The summed E-state index contributed by atoms with van der Waals surface area (Å²) in [5, 5.41) is 13.9. The average Bonchev–Trinajstić information content (AvgIpc) is 3.23. The second kappa shape index (κ2) is 11.1. The fourth-order valence-electron chi connectivity index (χ4n) is 3.93. The number of nitrogens with one attached hydrogen (secondary N) is 3. The number of benzene rings is 3. The predicted octanol–water partition coefficient (Wildman–Crippen LogP) is 4.77. The minimum absolute atomic E-state index is 0.144. The lowest BCUT2D eigenvalue weighted by Crippen LogP contribution is -2.46. The van der Waals surface area contributed by atoms with Crippen LogP contribution < -0.4 is 14.8 Å². The number of fused-ring (bicyclic) bond motifs is 1. The molecule has 0 radical (unpaired) electrons. The van der Waals surface area contributed by atoms with Crippen LogP contribution in [0.15, 0.2) is 71.6 Å². The van der Waals surface area contributed by atoms with Crippen LogP contribution in [-0.2, 0) is 16.3 Å². The fourth-order valence-corrected chi connectivity index (χ4v) is 4.77. The molecule has 0 amide bonds. The van der Waals surface area contributed by atoms with Crippen molar-refractivity contribution in [2.45, 2.75) is 36.8 Å². The highest BCUT2D eigenvalue weighted by molar-refractivity contribution is 7.90. The number of aromatic nitrogens is 2. The number of aliphatic hydroxyl groups excluding tert-OH is 1. The number of imidazole rings is 1. The summed E-state index contributed by atoms with van der Waals surface area (Å²) < 4.78 is 35.4. The molecule has 0 saturated carbocycles. The van der Waals surface area contributed by atoms with E-state index in [9.17, 15) is 13.5 Å². The van der Waals surface area contributed by atoms with Gasteiger partial charge in [0.15, 0.2) is 14.6 Å². The zero-order valence-electron chi connectivity index (χ0n) is 20.9. The Kier molecular flexibility index (Phi) is 8.03. The molecule has 0 unspecified atom stereocenters. The number of aliphatic hydroxyl groups is 1. The first kappa shape index (κ1) is 26.9. The van der Waals surface area contributed by atoms with Crippen molar-refractivity contribution < 1.29 is 23.0 Å². The lowest BCUT2D eigenvalue weighted by Gasteiger charge is -2.28. The van der Waals surface area contributed by atoms with Crippen LogP contribution >= 0.6 is 12.2 Å². The van der Waals surface area contributed by atoms with Gasteiger partial charge < -0.3 is 29.9 Å². The standard InChI is InChI=1S/C27H31N3O5S2/c1-27(2,28-16-19(31)17-34-24-6-4-5-23-25(24)30-26(36)29-23)15-18-7-9-20(10-8-18)35-21-11-13-22(14-12-21)37(3,32)33/h4-14,19,28,31H,15-17H2,1-3H3,(H2,29,30,36)/t19-/m1/s1. The Labute approximate surface area is 221 Å². The molecule has 0 fully saturated rings. The van der Waals surface area contributed by atoms with Crippen molar-refractivity contribution in [3.8, 4) is 17.2 Å². The van der Waals surface area contributed by atoms with Crippen molar-refractivity contribution in [2.75, 3.05) is 19.4 Å². The molecule has 1 aromatic heterocycles. The van der Waals surface area contributed by atoms with Crippen LogP contribution in [0.4, 0.5) is 0 Å². The van der Waals surface area contributed by atoms with E-state index in [0.717, 1.165) is 23.0 Å². The number of sulfone groups is 1. The Morgan fingerprint density at radius 2 is 1.65 bits per heavy atom. The van der Waals surface area contributed by atoms with E-state index in [4.69, 9.17) is 21.7 Å². The molecular weight excluding hydrogens is 510 g/mol. The zero-order valence-corrected chi connectivity index (χ0v) is 22.6. The predicted molar refractivity (Wildman–Crippen MR) is 147 cm³/mol. The molecule has 0 aliphatic carbocycles. The normalized spacial score (nSPS) is 13.0. The monoisotopic (exact) mass is 541 g/mol. The lowest BCUT2D eigenvalue weighted by molar-refractivity contribution is 0.0995. The largest absolute Gasteiger partial charge is 0.489 e. The number of rotatable bonds is 11. The molecule has 0 spiro atoms. The molecule has 0 aliphatic heterocycles. The van der Waals surface area contributed by atoms with Crippen molar-refractivity contribution in [1.29, 1.82) is 0 Å². The third kappa shape index (κ3) is 7.42. The van der Waals surface area contributed by atoms with Crippen molar-refractivity contribution in [1.82, 2.24) is 15.3 Å². The van der Waals surface area contributed by atoms with Gasteiger partial charge in [-0.05, 0) is 86.6 Å². The third-order valence-corrected chi connectivity index (χ3v) is 7.15. The van der Waals surface area contributed by atoms with E-state index in [1.54, 1.807) is 12.1 Å². The minimum atomic E-state index is -3.24. The van der Waals surface area contributed by atoms with E-state index >= 15 is 0 Å². The van der Waals surface area contributed by atoms with Crippen molar-refractivity contribution >= 4 is 33.1 Å². The maximum absolute atomic E-state index is 11.6. The quantitative estimate of drug-likeness (QED) is 0.202. The summed E-state index contributed by atoms with van der Waals surface area (Å²) in [5.74, 6) is 1.86. The first-order chi connectivity index (χ1) is 17.5. The Hall–Kier alpha value is -3.18.